The Balaban J connectivity index is 0.00000242. The van der Waals surface area contributed by atoms with Crippen LogP contribution in [0.5, 0.6) is 0 Å². The molecule has 0 aliphatic rings. The first kappa shape index (κ1) is 18.5. The molecule has 0 bridgehead atoms. The molecular formula is C16H24IN5. The van der Waals surface area contributed by atoms with E-state index in [0.717, 1.165) is 25.5 Å². The van der Waals surface area contributed by atoms with Gasteiger partial charge in [-0.25, -0.2) is 0 Å². The summed E-state index contributed by atoms with van der Waals surface area (Å²) in [6.07, 6.45) is 4.86. The van der Waals surface area contributed by atoms with Crippen LogP contribution in [0.3, 0.4) is 0 Å². The topological polar surface area (TPSA) is 54.2 Å². The van der Waals surface area contributed by atoms with Gasteiger partial charge in [0.2, 0.25) is 0 Å². The number of nitrogens with zero attached hydrogens (tertiary/aromatic N) is 3. The van der Waals surface area contributed by atoms with E-state index in [1.54, 1.807) is 7.05 Å². The van der Waals surface area contributed by atoms with E-state index >= 15 is 0 Å². The van der Waals surface area contributed by atoms with Crippen molar-refractivity contribution >= 4 is 29.9 Å². The highest BCUT2D eigenvalue weighted by Crippen LogP contribution is 2.03. The van der Waals surface area contributed by atoms with Crippen LogP contribution in [-0.2, 0) is 20.0 Å². The zero-order valence-corrected chi connectivity index (χ0v) is 15.7. The van der Waals surface area contributed by atoms with E-state index in [4.69, 9.17) is 0 Å². The molecule has 22 heavy (non-hydrogen) atoms. The Kier molecular flexibility index (Phi) is 7.94. The van der Waals surface area contributed by atoms with E-state index in [1.165, 1.54) is 16.7 Å². The number of guanidine groups is 1. The summed E-state index contributed by atoms with van der Waals surface area (Å²) >= 11 is 0. The number of nitrogens with one attached hydrogen (secondary N) is 2. The van der Waals surface area contributed by atoms with Crippen LogP contribution in [0.25, 0.3) is 0 Å². The summed E-state index contributed by atoms with van der Waals surface area (Å²) in [4.78, 5) is 4.24. The van der Waals surface area contributed by atoms with Crippen LogP contribution >= 0.6 is 24.0 Å². The van der Waals surface area contributed by atoms with Gasteiger partial charge in [0, 0.05) is 33.4 Å². The van der Waals surface area contributed by atoms with E-state index < -0.39 is 0 Å². The van der Waals surface area contributed by atoms with Crippen molar-refractivity contribution in [3.8, 4) is 0 Å². The van der Waals surface area contributed by atoms with Gasteiger partial charge in [-0.05, 0) is 24.5 Å². The molecule has 0 saturated heterocycles. The molecule has 0 unspecified atom stereocenters. The maximum absolute atomic E-state index is 4.24. The first-order valence-corrected chi connectivity index (χ1v) is 7.15. The van der Waals surface area contributed by atoms with Gasteiger partial charge in [0.1, 0.15) is 0 Å². The first-order valence-electron chi connectivity index (χ1n) is 7.15. The minimum atomic E-state index is 0. The number of benzene rings is 1. The van der Waals surface area contributed by atoms with Crippen molar-refractivity contribution in [1.82, 2.24) is 20.4 Å². The van der Waals surface area contributed by atoms with E-state index in [-0.39, 0.29) is 24.0 Å². The SMILES string of the molecule is CN=C(NCCc1cnn(C)c1)NCc1cccc(C)c1.I. The van der Waals surface area contributed by atoms with Crippen LogP contribution in [0.4, 0.5) is 0 Å². The third-order valence-electron chi connectivity index (χ3n) is 3.23. The predicted octanol–water partition coefficient (Wildman–Crippen LogP) is 2.25. The highest BCUT2D eigenvalue weighted by Gasteiger charge is 2.00. The van der Waals surface area contributed by atoms with Gasteiger partial charge in [0.15, 0.2) is 5.96 Å². The quantitative estimate of drug-likeness (QED) is 0.449. The van der Waals surface area contributed by atoms with Crippen molar-refractivity contribution in [1.29, 1.82) is 0 Å². The molecule has 1 aromatic heterocycles. The largest absolute Gasteiger partial charge is 0.356 e. The van der Waals surface area contributed by atoms with Crippen LogP contribution < -0.4 is 10.6 Å². The molecule has 2 aromatic rings. The number of aromatic nitrogens is 2. The molecular weight excluding hydrogens is 389 g/mol. The van der Waals surface area contributed by atoms with Crippen molar-refractivity contribution in [2.75, 3.05) is 13.6 Å². The number of halogens is 1. The Hall–Kier alpha value is -1.57. The van der Waals surface area contributed by atoms with Gasteiger partial charge in [-0.2, -0.15) is 5.10 Å². The number of rotatable bonds is 5. The number of hydrogen-bond acceptors (Lipinski definition) is 2. The minimum absolute atomic E-state index is 0. The van der Waals surface area contributed by atoms with Crippen LogP contribution in [-0.4, -0.2) is 29.3 Å². The molecule has 5 nitrogen and oxygen atoms in total. The highest BCUT2D eigenvalue weighted by atomic mass is 127. The van der Waals surface area contributed by atoms with Gasteiger partial charge < -0.3 is 10.6 Å². The number of aryl methyl sites for hydroxylation is 2. The van der Waals surface area contributed by atoms with Gasteiger partial charge in [0.05, 0.1) is 6.20 Å². The summed E-state index contributed by atoms with van der Waals surface area (Å²) < 4.78 is 1.82. The summed E-state index contributed by atoms with van der Waals surface area (Å²) in [5.74, 6) is 0.820. The fraction of sp³-hybridized carbons (Fsp3) is 0.375. The summed E-state index contributed by atoms with van der Waals surface area (Å²) in [6.45, 7) is 3.71. The zero-order chi connectivity index (χ0) is 15.1. The molecule has 0 radical (unpaired) electrons. The standard InChI is InChI=1S/C16H23N5.HI/c1-13-5-4-6-14(9-13)10-19-16(17-2)18-8-7-15-11-20-21(3)12-15;/h4-6,9,11-12H,7-8,10H2,1-3H3,(H2,17,18,19);1H. The van der Waals surface area contributed by atoms with Gasteiger partial charge in [-0.1, -0.05) is 29.8 Å². The fourth-order valence-electron chi connectivity index (χ4n) is 2.15. The second kappa shape index (κ2) is 9.45. The second-order valence-corrected chi connectivity index (χ2v) is 5.11. The van der Waals surface area contributed by atoms with Gasteiger partial charge in [-0.3, -0.25) is 9.67 Å². The molecule has 2 N–H and O–H groups in total. The van der Waals surface area contributed by atoms with E-state index in [1.807, 2.05) is 24.1 Å². The smallest absolute Gasteiger partial charge is 0.191 e. The maximum Gasteiger partial charge on any atom is 0.191 e. The Morgan fingerprint density at radius 2 is 2.09 bits per heavy atom. The molecule has 0 spiro atoms. The minimum Gasteiger partial charge on any atom is -0.356 e. The third-order valence-corrected chi connectivity index (χ3v) is 3.23. The van der Waals surface area contributed by atoms with E-state index in [2.05, 4.69) is 51.9 Å². The molecule has 0 aliphatic heterocycles. The van der Waals surface area contributed by atoms with Crippen LogP contribution in [0.15, 0.2) is 41.7 Å². The Morgan fingerprint density at radius 1 is 1.27 bits per heavy atom. The van der Waals surface area contributed by atoms with Crippen molar-refractivity contribution in [3.05, 3.63) is 53.3 Å². The normalized spacial score (nSPS) is 11.0. The molecule has 1 aromatic carbocycles. The van der Waals surface area contributed by atoms with Crippen molar-refractivity contribution in [2.45, 2.75) is 19.9 Å². The van der Waals surface area contributed by atoms with Crippen LogP contribution in [0.2, 0.25) is 0 Å². The Bertz CT molecular complexity index is 606. The van der Waals surface area contributed by atoms with E-state index in [9.17, 15) is 0 Å². The number of hydrogen-bond donors (Lipinski definition) is 2. The summed E-state index contributed by atoms with van der Waals surface area (Å²) in [6, 6.07) is 8.47. The van der Waals surface area contributed by atoms with Crippen LogP contribution in [0.1, 0.15) is 16.7 Å². The van der Waals surface area contributed by atoms with Crippen molar-refractivity contribution < 1.29 is 0 Å². The summed E-state index contributed by atoms with van der Waals surface area (Å²) in [5.41, 5.74) is 3.75. The number of aliphatic imine (C=N–C) groups is 1. The molecule has 2 rings (SSSR count). The molecule has 0 aliphatic carbocycles. The molecule has 0 amide bonds. The lowest BCUT2D eigenvalue weighted by Gasteiger charge is -2.11. The van der Waals surface area contributed by atoms with Crippen molar-refractivity contribution in [2.24, 2.45) is 12.0 Å². The Morgan fingerprint density at radius 3 is 2.73 bits per heavy atom. The lowest BCUT2D eigenvalue weighted by molar-refractivity contribution is 0.764. The summed E-state index contributed by atoms with van der Waals surface area (Å²) in [5, 5.41) is 10.8. The average molecular weight is 413 g/mol. The molecule has 0 fully saturated rings. The molecule has 120 valence electrons. The lowest BCUT2D eigenvalue weighted by Crippen LogP contribution is -2.37. The lowest BCUT2D eigenvalue weighted by atomic mass is 10.1. The van der Waals surface area contributed by atoms with Gasteiger partial charge in [-0.15, -0.1) is 24.0 Å². The molecule has 6 heteroatoms. The summed E-state index contributed by atoms with van der Waals surface area (Å²) in [7, 11) is 3.72. The fourth-order valence-corrected chi connectivity index (χ4v) is 2.15. The zero-order valence-electron chi connectivity index (χ0n) is 13.3. The molecule has 0 saturated carbocycles. The van der Waals surface area contributed by atoms with E-state index in [0.29, 0.717) is 0 Å². The van der Waals surface area contributed by atoms with Gasteiger partial charge >= 0.3 is 0 Å². The second-order valence-electron chi connectivity index (χ2n) is 5.11. The first-order chi connectivity index (χ1) is 10.2. The average Bonchev–Trinajstić information content (AvgIpc) is 2.88. The van der Waals surface area contributed by atoms with Gasteiger partial charge in [0.25, 0.3) is 0 Å². The predicted molar refractivity (Wildman–Crippen MR) is 102 cm³/mol. The van der Waals surface area contributed by atoms with Crippen molar-refractivity contribution in [3.63, 3.8) is 0 Å². The highest BCUT2D eigenvalue weighted by molar-refractivity contribution is 14.0. The maximum atomic E-state index is 4.24. The third kappa shape index (κ3) is 6.05. The van der Waals surface area contributed by atoms with Crippen LogP contribution in [0, 0.1) is 6.92 Å². The Labute approximate surface area is 149 Å². The molecule has 1 heterocycles. The molecule has 0 atom stereocenters. The monoisotopic (exact) mass is 413 g/mol.